The second kappa shape index (κ2) is 2.58. The summed E-state index contributed by atoms with van der Waals surface area (Å²) in [7, 11) is 3.03. The first-order valence-corrected chi connectivity index (χ1v) is 2.81. The largest absolute Gasteiger partial charge is 0.236 e. The summed E-state index contributed by atoms with van der Waals surface area (Å²) in [4.78, 5) is 0. The molecule has 0 atom stereocenters. The Bertz CT molecular complexity index is 171. The van der Waals surface area contributed by atoms with Crippen molar-refractivity contribution < 1.29 is 0 Å². The van der Waals surface area contributed by atoms with Gasteiger partial charge in [-0.3, -0.25) is 0 Å². The second-order valence-electron chi connectivity index (χ2n) is 1.45. The van der Waals surface area contributed by atoms with E-state index in [9.17, 15) is 0 Å². The number of para-hydroxylation sites is 1. The lowest BCUT2D eigenvalue weighted by molar-refractivity contribution is 1.57. The summed E-state index contributed by atoms with van der Waals surface area (Å²) >= 11 is 0. The Kier molecular flexibility index (Phi) is 1.76. The van der Waals surface area contributed by atoms with Crippen LogP contribution in [-0.4, -0.2) is 0 Å². The Hall–Kier alpha value is -0.680. The summed E-state index contributed by atoms with van der Waals surface area (Å²) in [5, 5.41) is 0. The highest BCUT2D eigenvalue weighted by atomic mass is 31.0. The highest BCUT2D eigenvalue weighted by Crippen LogP contribution is 2.09. The minimum absolute atomic E-state index is 0.948. The number of hydrogen-bond acceptors (Lipinski definition) is 1. The zero-order valence-electron chi connectivity index (χ0n) is 4.33. The molecular weight excluding hydrogens is 117 g/mol. The van der Waals surface area contributed by atoms with Crippen LogP contribution in [0.4, 0.5) is 5.69 Å². The van der Waals surface area contributed by atoms with Gasteiger partial charge in [0.05, 0.1) is 5.69 Å². The van der Waals surface area contributed by atoms with E-state index in [2.05, 4.69) is 13.8 Å². The summed E-state index contributed by atoms with van der Waals surface area (Å²) in [6, 6.07) is 9.69. The Morgan fingerprint density at radius 3 is 2.12 bits per heavy atom. The molecule has 8 heavy (non-hydrogen) atoms. The molecule has 1 aromatic carbocycles. The van der Waals surface area contributed by atoms with Crippen LogP contribution in [-0.2, 0) is 0 Å². The molecule has 1 nitrogen and oxygen atoms in total. The molecule has 0 aromatic heterocycles. The molecule has 0 saturated heterocycles. The maximum absolute atomic E-state index is 3.78. The minimum Gasteiger partial charge on any atom is -0.236 e. The third-order valence-corrected chi connectivity index (χ3v) is 1.14. The zero-order valence-corrected chi connectivity index (χ0v) is 5.33. The normalized spacial score (nSPS) is 8.50. The van der Waals surface area contributed by atoms with Gasteiger partial charge in [0.2, 0.25) is 0 Å². The smallest absolute Gasteiger partial charge is 0.0672 e. The summed E-state index contributed by atoms with van der Waals surface area (Å²) < 4.78 is 3.78. The fraction of sp³-hybridized carbons (Fsp3) is 0. The van der Waals surface area contributed by atoms with Gasteiger partial charge in [0.25, 0.3) is 0 Å². The van der Waals surface area contributed by atoms with Crippen molar-refractivity contribution >= 4 is 14.7 Å². The van der Waals surface area contributed by atoms with Crippen molar-refractivity contribution in [3.05, 3.63) is 30.3 Å². The van der Waals surface area contributed by atoms with Crippen molar-refractivity contribution in [2.75, 3.05) is 0 Å². The van der Waals surface area contributed by atoms with Crippen LogP contribution in [0.25, 0.3) is 0 Å². The van der Waals surface area contributed by atoms with E-state index in [0.717, 1.165) is 5.69 Å². The van der Waals surface area contributed by atoms with Gasteiger partial charge < -0.3 is 0 Å². The van der Waals surface area contributed by atoms with Crippen molar-refractivity contribution in [2.45, 2.75) is 0 Å². The van der Waals surface area contributed by atoms with Gasteiger partial charge in [0, 0.05) is 0 Å². The number of benzene rings is 1. The quantitative estimate of drug-likeness (QED) is 0.509. The predicted octanol–water partition coefficient (Wildman–Crippen LogP) is 2.64. The summed E-state index contributed by atoms with van der Waals surface area (Å²) in [5.74, 6) is 0. The van der Waals surface area contributed by atoms with E-state index in [1.54, 1.807) is 0 Å². The molecule has 0 bridgehead atoms. The maximum atomic E-state index is 3.78. The standard InChI is InChI=1S/C6H6NP/c8-7-6-4-2-1-3-5-6/h1-5,8H. The average molecular weight is 123 g/mol. The lowest BCUT2D eigenvalue weighted by atomic mass is 10.3. The molecule has 0 spiro atoms. The molecule has 1 aromatic rings. The van der Waals surface area contributed by atoms with Crippen LogP contribution < -0.4 is 0 Å². The molecule has 0 aliphatic heterocycles. The Morgan fingerprint density at radius 1 is 1.12 bits per heavy atom. The summed E-state index contributed by atoms with van der Waals surface area (Å²) in [6.07, 6.45) is 0. The average Bonchev–Trinajstić information content (AvgIpc) is 1.90. The van der Waals surface area contributed by atoms with Crippen LogP contribution in [0.3, 0.4) is 0 Å². The van der Waals surface area contributed by atoms with Gasteiger partial charge in [-0.05, 0) is 21.2 Å². The van der Waals surface area contributed by atoms with Crippen LogP contribution in [0, 0.1) is 0 Å². The van der Waals surface area contributed by atoms with E-state index in [1.165, 1.54) is 0 Å². The molecule has 0 radical (unpaired) electrons. The van der Waals surface area contributed by atoms with Gasteiger partial charge in [-0.1, -0.05) is 18.2 Å². The Morgan fingerprint density at radius 2 is 1.75 bits per heavy atom. The first-order chi connectivity index (χ1) is 3.93. The van der Waals surface area contributed by atoms with E-state index < -0.39 is 0 Å². The van der Waals surface area contributed by atoms with Gasteiger partial charge in [0.1, 0.15) is 0 Å². The van der Waals surface area contributed by atoms with Crippen LogP contribution in [0.2, 0.25) is 0 Å². The third-order valence-electron chi connectivity index (χ3n) is 0.885. The lowest BCUT2D eigenvalue weighted by Crippen LogP contribution is -1.55. The van der Waals surface area contributed by atoms with Crippen molar-refractivity contribution in [2.24, 2.45) is 4.74 Å². The fourth-order valence-corrected chi connectivity index (χ4v) is 0.652. The van der Waals surface area contributed by atoms with Gasteiger partial charge in [-0.2, -0.15) is 0 Å². The van der Waals surface area contributed by atoms with Crippen LogP contribution in [0.1, 0.15) is 0 Å². The van der Waals surface area contributed by atoms with E-state index in [-0.39, 0.29) is 0 Å². The monoisotopic (exact) mass is 123 g/mol. The molecule has 0 amide bonds. The van der Waals surface area contributed by atoms with Gasteiger partial charge in [-0.25, -0.2) is 4.74 Å². The molecule has 40 valence electrons. The van der Waals surface area contributed by atoms with Crippen LogP contribution >= 0.6 is 9.03 Å². The van der Waals surface area contributed by atoms with Crippen molar-refractivity contribution in [1.82, 2.24) is 0 Å². The highest BCUT2D eigenvalue weighted by molar-refractivity contribution is 7.04. The molecule has 2 heteroatoms. The van der Waals surface area contributed by atoms with Gasteiger partial charge in [-0.15, -0.1) is 0 Å². The topological polar surface area (TPSA) is 12.4 Å². The van der Waals surface area contributed by atoms with Crippen molar-refractivity contribution in [3.63, 3.8) is 0 Å². The molecule has 0 fully saturated rings. The van der Waals surface area contributed by atoms with E-state index in [1.807, 2.05) is 30.3 Å². The summed E-state index contributed by atoms with van der Waals surface area (Å²) in [6.45, 7) is 0. The minimum atomic E-state index is 0.948. The van der Waals surface area contributed by atoms with E-state index in [0.29, 0.717) is 0 Å². The molecule has 0 unspecified atom stereocenters. The van der Waals surface area contributed by atoms with Crippen molar-refractivity contribution in [1.29, 1.82) is 0 Å². The first kappa shape index (κ1) is 5.46. The maximum Gasteiger partial charge on any atom is 0.0672 e. The van der Waals surface area contributed by atoms with Gasteiger partial charge in [0.15, 0.2) is 0 Å². The molecule has 0 heterocycles. The van der Waals surface area contributed by atoms with E-state index in [4.69, 9.17) is 0 Å². The van der Waals surface area contributed by atoms with Crippen molar-refractivity contribution in [3.8, 4) is 0 Å². The van der Waals surface area contributed by atoms with Crippen LogP contribution in [0.15, 0.2) is 35.1 Å². The Balaban J connectivity index is 2.99. The van der Waals surface area contributed by atoms with E-state index >= 15 is 0 Å². The zero-order chi connectivity index (χ0) is 5.82. The molecule has 0 N–H and O–H groups in total. The SMILES string of the molecule is P=Nc1ccccc1. The molecule has 0 aliphatic carbocycles. The van der Waals surface area contributed by atoms with Gasteiger partial charge >= 0.3 is 0 Å². The predicted molar refractivity (Wildman–Crippen MR) is 36.8 cm³/mol. The highest BCUT2D eigenvalue weighted by Gasteiger charge is 1.77. The molecule has 0 saturated carbocycles. The van der Waals surface area contributed by atoms with Crippen LogP contribution in [0.5, 0.6) is 0 Å². The Labute approximate surface area is 50.7 Å². The third kappa shape index (κ3) is 1.14. The number of rotatable bonds is 1. The number of nitrogens with zero attached hydrogens (tertiary/aromatic N) is 1. The first-order valence-electron chi connectivity index (χ1n) is 2.36. The summed E-state index contributed by atoms with van der Waals surface area (Å²) in [5.41, 5.74) is 0.948. The fourth-order valence-electron chi connectivity index (χ4n) is 0.503. The second-order valence-corrected chi connectivity index (χ2v) is 1.67. The molecular formula is C6H6NP. The molecule has 1 rings (SSSR count). The molecule has 0 aliphatic rings. The lowest BCUT2D eigenvalue weighted by Gasteiger charge is -1.84. The number of hydrogen-bond donors (Lipinski definition) is 0.